The highest BCUT2D eigenvalue weighted by atomic mass is 16.5. The fraction of sp³-hybridized carbons (Fsp3) is 0.647. The SMILES string of the molecule is CC1(C)Cc2cc(CCCN3CCOCC3)ccc2O1. The first-order valence-corrected chi connectivity index (χ1v) is 7.73. The van der Waals surface area contributed by atoms with Gasteiger partial charge < -0.3 is 9.47 Å². The summed E-state index contributed by atoms with van der Waals surface area (Å²) in [4.78, 5) is 2.50. The van der Waals surface area contributed by atoms with Crippen molar-refractivity contribution in [1.29, 1.82) is 0 Å². The predicted octanol–water partition coefficient (Wildman–Crippen LogP) is 2.66. The second-order valence-electron chi connectivity index (χ2n) is 6.54. The van der Waals surface area contributed by atoms with Crippen molar-refractivity contribution in [2.45, 2.75) is 38.7 Å². The zero-order valence-electron chi connectivity index (χ0n) is 12.7. The number of ether oxygens (including phenoxy) is 2. The topological polar surface area (TPSA) is 21.7 Å². The van der Waals surface area contributed by atoms with E-state index in [-0.39, 0.29) is 5.60 Å². The summed E-state index contributed by atoms with van der Waals surface area (Å²) in [5.74, 6) is 1.08. The molecular formula is C17H25NO2. The van der Waals surface area contributed by atoms with Crippen LogP contribution in [0.1, 0.15) is 31.4 Å². The highest BCUT2D eigenvalue weighted by Crippen LogP contribution is 2.35. The molecule has 0 saturated carbocycles. The molecule has 0 atom stereocenters. The Hall–Kier alpha value is -1.06. The fourth-order valence-electron chi connectivity index (χ4n) is 3.15. The van der Waals surface area contributed by atoms with Crippen LogP contribution in [0.25, 0.3) is 0 Å². The quantitative estimate of drug-likeness (QED) is 0.843. The van der Waals surface area contributed by atoms with Crippen LogP contribution in [0, 0.1) is 0 Å². The predicted molar refractivity (Wildman–Crippen MR) is 80.4 cm³/mol. The van der Waals surface area contributed by atoms with E-state index in [0.717, 1.165) is 44.9 Å². The summed E-state index contributed by atoms with van der Waals surface area (Å²) in [5.41, 5.74) is 2.78. The first-order valence-electron chi connectivity index (χ1n) is 7.73. The first-order chi connectivity index (χ1) is 9.62. The normalized spacial score (nSPS) is 21.5. The third-order valence-electron chi connectivity index (χ3n) is 4.17. The molecule has 0 radical (unpaired) electrons. The van der Waals surface area contributed by atoms with Gasteiger partial charge in [-0.2, -0.15) is 0 Å². The summed E-state index contributed by atoms with van der Waals surface area (Å²) in [6.45, 7) is 9.47. The monoisotopic (exact) mass is 275 g/mol. The molecular weight excluding hydrogens is 250 g/mol. The van der Waals surface area contributed by atoms with Crippen LogP contribution in [0.2, 0.25) is 0 Å². The van der Waals surface area contributed by atoms with Gasteiger partial charge in [0.05, 0.1) is 13.2 Å². The second-order valence-corrected chi connectivity index (χ2v) is 6.54. The molecule has 0 spiro atoms. The lowest BCUT2D eigenvalue weighted by Crippen LogP contribution is -2.36. The Balaban J connectivity index is 1.51. The zero-order valence-corrected chi connectivity index (χ0v) is 12.7. The summed E-state index contributed by atoms with van der Waals surface area (Å²) in [5, 5.41) is 0. The van der Waals surface area contributed by atoms with E-state index in [1.807, 2.05) is 0 Å². The van der Waals surface area contributed by atoms with Crippen LogP contribution in [-0.2, 0) is 17.6 Å². The minimum atomic E-state index is -0.0330. The van der Waals surface area contributed by atoms with Crippen molar-refractivity contribution in [3.05, 3.63) is 29.3 Å². The van der Waals surface area contributed by atoms with Gasteiger partial charge in [-0.25, -0.2) is 0 Å². The molecule has 1 aromatic rings. The van der Waals surface area contributed by atoms with Gasteiger partial charge in [0.1, 0.15) is 11.4 Å². The molecule has 3 rings (SSSR count). The number of nitrogens with zero attached hydrogens (tertiary/aromatic N) is 1. The summed E-state index contributed by atoms with van der Waals surface area (Å²) in [7, 11) is 0. The summed E-state index contributed by atoms with van der Waals surface area (Å²) >= 11 is 0. The molecule has 3 heteroatoms. The number of benzene rings is 1. The maximum Gasteiger partial charge on any atom is 0.123 e. The van der Waals surface area contributed by atoms with Gasteiger partial charge in [0.2, 0.25) is 0 Å². The lowest BCUT2D eigenvalue weighted by molar-refractivity contribution is 0.0374. The van der Waals surface area contributed by atoms with E-state index in [0.29, 0.717) is 0 Å². The molecule has 20 heavy (non-hydrogen) atoms. The number of aryl methyl sites for hydroxylation is 1. The van der Waals surface area contributed by atoms with Crippen LogP contribution < -0.4 is 4.74 Å². The molecule has 0 unspecified atom stereocenters. The molecule has 0 N–H and O–H groups in total. The molecule has 0 bridgehead atoms. The van der Waals surface area contributed by atoms with Gasteiger partial charge in [-0.15, -0.1) is 0 Å². The Morgan fingerprint density at radius 1 is 1.20 bits per heavy atom. The largest absolute Gasteiger partial charge is 0.487 e. The van der Waals surface area contributed by atoms with Crippen molar-refractivity contribution in [2.24, 2.45) is 0 Å². The van der Waals surface area contributed by atoms with E-state index in [9.17, 15) is 0 Å². The van der Waals surface area contributed by atoms with Crippen LogP contribution in [0.5, 0.6) is 5.75 Å². The van der Waals surface area contributed by atoms with Gasteiger partial charge in [0, 0.05) is 19.5 Å². The standard InChI is InChI=1S/C17H25NO2/c1-17(2)13-15-12-14(5-6-16(15)20-17)4-3-7-18-8-10-19-11-9-18/h5-6,12H,3-4,7-11,13H2,1-2H3. The van der Waals surface area contributed by atoms with Gasteiger partial charge in [-0.1, -0.05) is 12.1 Å². The Bertz CT molecular complexity index is 464. The molecule has 3 nitrogen and oxygen atoms in total. The fourth-order valence-corrected chi connectivity index (χ4v) is 3.15. The molecule has 2 heterocycles. The molecule has 2 aliphatic rings. The third kappa shape index (κ3) is 3.33. The molecule has 110 valence electrons. The molecule has 1 fully saturated rings. The van der Waals surface area contributed by atoms with E-state index in [1.165, 1.54) is 24.1 Å². The Kier molecular flexibility index (Phi) is 3.99. The number of hydrogen-bond donors (Lipinski definition) is 0. The minimum Gasteiger partial charge on any atom is -0.487 e. The van der Waals surface area contributed by atoms with E-state index in [2.05, 4.69) is 36.9 Å². The van der Waals surface area contributed by atoms with E-state index in [4.69, 9.17) is 9.47 Å². The van der Waals surface area contributed by atoms with Crippen molar-refractivity contribution in [3.63, 3.8) is 0 Å². The van der Waals surface area contributed by atoms with Gasteiger partial charge in [-0.05, 0) is 50.4 Å². The maximum atomic E-state index is 5.93. The van der Waals surface area contributed by atoms with E-state index >= 15 is 0 Å². The van der Waals surface area contributed by atoms with E-state index in [1.54, 1.807) is 0 Å². The smallest absolute Gasteiger partial charge is 0.123 e. The highest BCUT2D eigenvalue weighted by molar-refractivity contribution is 5.41. The van der Waals surface area contributed by atoms with Gasteiger partial charge >= 0.3 is 0 Å². The minimum absolute atomic E-state index is 0.0330. The van der Waals surface area contributed by atoms with Crippen LogP contribution in [0.4, 0.5) is 0 Å². The lowest BCUT2D eigenvalue weighted by atomic mass is 9.99. The number of morpholine rings is 1. The number of rotatable bonds is 4. The molecule has 1 aromatic carbocycles. The van der Waals surface area contributed by atoms with Gasteiger partial charge in [-0.3, -0.25) is 4.90 Å². The highest BCUT2D eigenvalue weighted by Gasteiger charge is 2.29. The average Bonchev–Trinajstić information content (AvgIpc) is 2.73. The third-order valence-corrected chi connectivity index (χ3v) is 4.17. The Morgan fingerprint density at radius 2 is 2.00 bits per heavy atom. The number of fused-ring (bicyclic) bond motifs is 1. The Labute approximate surface area is 121 Å². The first kappa shape index (κ1) is 13.9. The Morgan fingerprint density at radius 3 is 2.80 bits per heavy atom. The van der Waals surface area contributed by atoms with Gasteiger partial charge in [0.25, 0.3) is 0 Å². The maximum absolute atomic E-state index is 5.93. The van der Waals surface area contributed by atoms with Crippen LogP contribution in [0.15, 0.2) is 18.2 Å². The van der Waals surface area contributed by atoms with Crippen LogP contribution >= 0.6 is 0 Å². The van der Waals surface area contributed by atoms with Crippen molar-refractivity contribution >= 4 is 0 Å². The van der Waals surface area contributed by atoms with Crippen molar-refractivity contribution in [3.8, 4) is 5.75 Å². The average molecular weight is 275 g/mol. The summed E-state index contributed by atoms with van der Waals surface area (Å²) in [6.07, 6.45) is 3.41. The summed E-state index contributed by atoms with van der Waals surface area (Å²) < 4.78 is 11.3. The van der Waals surface area contributed by atoms with Crippen molar-refractivity contribution < 1.29 is 9.47 Å². The van der Waals surface area contributed by atoms with Gasteiger partial charge in [0.15, 0.2) is 0 Å². The van der Waals surface area contributed by atoms with E-state index < -0.39 is 0 Å². The number of hydrogen-bond acceptors (Lipinski definition) is 3. The van der Waals surface area contributed by atoms with Crippen molar-refractivity contribution in [1.82, 2.24) is 4.90 Å². The second kappa shape index (κ2) is 5.74. The zero-order chi connectivity index (χ0) is 14.0. The molecule has 0 aliphatic carbocycles. The molecule has 1 saturated heterocycles. The van der Waals surface area contributed by atoms with Crippen LogP contribution in [0.3, 0.4) is 0 Å². The molecule has 0 amide bonds. The lowest BCUT2D eigenvalue weighted by Gasteiger charge is -2.26. The molecule has 2 aliphatic heterocycles. The van der Waals surface area contributed by atoms with Crippen LogP contribution in [-0.4, -0.2) is 43.3 Å². The summed E-state index contributed by atoms with van der Waals surface area (Å²) in [6, 6.07) is 6.71. The molecule has 0 aromatic heterocycles. The van der Waals surface area contributed by atoms with Crippen molar-refractivity contribution in [2.75, 3.05) is 32.8 Å².